The number of nitrogens with one attached hydrogen (secondary N) is 2. The Hall–Kier alpha value is -1.49. The molecule has 1 amide bonds. The predicted octanol–water partition coefficient (Wildman–Crippen LogP) is 0.879. The van der Waals surface area contributed by atoms with Crippen molar-refractivity contribution in [2.75, 3.05) is 6.54 Å². The molecule has 1 aliphatic rings. The Kier molecular flexibility index (Phi) is 7.60. The van der Waals surface area contributed by atoms with Gasteiger partial charge in [-0.25, -0.2) is 26.7 Å². The lowest BCUT2D eigenvalue weighted by Gasteiger charge is -2.28. The molecule has 1 saturated carbocycles. The van der Waals surface area contributed by atoms with E-state index in [-0.39, 0.29) is 22.8 Å². The second-order valence-electron chi connectivity index (χ2n) is 7.49. The van der Waals surface area contributed by atoms with Crippen LogP contribution < -0.4 is 15.2 Å². The van der Waals surface area contributed by atoms with Gasteiger partial charge in [-0.1, -0.05) is 12.1 Å². The number of benzene rings is 1. The molecule has 0 atom stereocenters. The van der Waals surface area contributed by atoms with E-state index in [1.165, 1.54) is 12.1 Å². The summed E-state index contributed by atoms with van der Waals surface area (Å²) in [5.41, 5.74) is 0.902. The van der Waals surface area contributed by atoms with Gasteiger partial charge in [-0.05, 0) is 63.6 Å². The number of rotatable bonds is 8. The van der Waals surface area contributed by atoms with Crippen molar-refractivity contribution >= 4 is 26.0 Å². The Morgan fingerprint density at radius 3 is 2.14 bits per heavy atom. The highest BCUT2D eigenvalue weighted by Gasteiger charge is 2.29. The maximum atomic E-state index is 12.3. The molecule has 1 aliphatic carbocycles. The lowest BCUT2D eigenvalue weighted by atomic mass is 9.86. The fraction of sp³-hybridized carbons (Fsp3) is 0.611. The Bertz CT molecular complexity index is 872. The third kappa shape index (κ3) is 6.54. The van der Waals surface area contributed by atoms with Gasteiger partial charge in [0.25, 0.3) is 0 Å². The molecule has 1 aromatic carbocycles. The molecule has 0 aliphatic heterocycles. The summed E-state index contributed by atoms with van der Waals surface area (Å²) in [6.07, 6.45) is 3.19. The largest absolute Gasteiger partial charge is 0.356 e. The lowest BCUT2D eigenvalue weighted by molar-refractivity contribution is -0.125. The first-order valence-electron chi connectivity index (χ1n) is 9.39. The van der Waals surface area contributed by atoms with E-state index in [0.29, 0.717) is 38.6 Å². The molecule has 0 bridgehead atoms. The number of hydrogen-bond acceptors (Lipinski definition) is 5. The summed E-state index contributed by atoms with van der Waals surface area (Å²) in [6.45, 7) is 3.74. The van der Waals surface area contributed by atoms with Crippen LogP contribution in [0.15, 0.2) is 29.2 Å². The summed E-state index contributed by atoms with van der Waals surface area (Å²) < 4.78 is 49.1. The quantitative estimate of drug-likeness (QED) is 0.561. The van der Waals surface area contributed by atoms with Crippen LogP contribution >= 0.6 is 0 Å². The van der Waals surface area contributed by atoms with Gasteiger partial charge in [0, 0.05) is 18.5 Å². The molecule has 4 N–H and O–H groups in total. The summed E-state index contributed by atoms with van der Waals surface area (Å²) in [4.78, 5) is 12.4. The number of carbonyl (C=O) groups is 1. The Balaban J connectivity index is 1.74. The zero-order valence-corrected chi connectivity index (χ0v) is 17.9. The molecule has 158 valence electrons. The molecule has 1 fully saturated rings. The number of carbonyl (C=O) groups excluding carboxylic acids is 1. The van der Waals surface area contributed by atoms with Gasteiger partial charge < -0.3 is 5.32 Å². The molecule has 2 rings (SSSR count). The third-order valence-electron chi connectivity index (χ3n) is 5.01. The standard InChI is InChI=1S/C18H29N3O5S2/c1-13(2)28(25,26)21-16-7-5-15(6-8-16)18(22)20-12-11-14-3-9-17(10-4-14)27(19,23)24/h3-4,9-10,13,15-16,21H,5-8,11-12H2,1-2H3,(H,20,22)(H2,19,23,24)/t15-,16-. The van der Waals surface area contributed by atoms with E-state index < -0.39 is 25.3 Å². The zero-order valence-electron chi connectivity index (χ0n) is 16.2. The fourth-order valence-corrected chi connectivity index (χ4v) is 4.65. The second-order valence-corrected chi connectivity index (χ2v) is 11.3. The van der Waals surface area contributed by atoms with Crippen LogP contribution in [0.5, 0.6) is 0 Å². The average molecular weight is 432 g/mol. The van der Waals surface area contributed by atoms with Crippen LogP contribution in [0.4, 0.5) is 0 Å². The van der Waals surface area contributed by atoms with Crippen molar-refractivity contribution in [1.29, 1.82) is 0 Å². The van der Waals surface area contributed by atoms with E-state index in [1.807, 2.05) is 0 Å². The Morgan fingerprint density at radius 1 is 1.07 bits per heavy atom. The van der Waals surface area contributed by atoms with Gasteiger partial charge >= 0.3 is 0 Å². The Labute approximate surface area is 167 Å². The van der Waals surface area contributed by atoms with Gasteiger partial charge in [0.2, 0.25) is 26.0 Å². The van der Waals surface area contributed by atoms with E-state index in [1.54, 1.807) is 26.0 Å². The summed E-state index contributed by atoms with van der Waals surface area (Å²) in [6, 6.07) is 6.15. The average Bonchev–Trinajstić information content (AvgIpc) is 2.61. The van der Waals surface area contributed by atoms with Crippen molar-refractivity contribution in [2.24, 2.45) is 11.1 Å². The van der Waals surface area contributed by atoms with Crippen LogP contribution in [0.3, 0.4) is 0 Å². The highest BCUT2D eigenvalue weighted by Crippen LogP contribution is 2.25. The lowest BCUT2D eigenvalue weighted by Crippen LogP contribution is -2.43. The topological polar surface area (TPSA) is 135 Å². The molecule has 0 saturated heterocycles. The summed E-state index contributed by atoms with van der Waals surface area (Å²) in [5.74, 6) is -0.129. The van der Waals surface area contributed by atoms with Gasteiger partial charge in [-0.3, -0.25) is 4.79 Å². The molecule has 8 nitrogen and oxygen atoms in total. The minimum absolute atomic E-state index is 0.0219. The van der Waals surface area contributed by atoms with Crippen molar-refractivity contribution in [3.8, 4) is 0 Å². The monoisotopic (exact) mass is 431 g/mol. The van der Waals surface area contributed by atoms with Crippen LogP contribution in [0.1, 0.15) is 45.1 Å². The Morgan fingerprint density at radius 2 is 1.64 bits per heavy atom. The van der Waals surface area contributed by atoms with Gasteiger partial charge in [0.15, 0.2) is 0 Å². The fourth-order valence-electron chi connectivity index (χ4n) is 3.16. The van der Waals surface area contributed by atoms with Gasteiger partial charge in [-0.15, -0.1) is 0 Å². The molecular weight excluding hydrogens is 402 g/mol. The van der Waals surface area contributed by atoms with Crippen LogP contribution in [-0.2, 0) is 31.3 Å². The number of primary sulfonamides is 1. The van der Waals surface area contributed by atoms with Crippen LogP contribution in [-0.4, -0.2) is 40.6 Å². The van der Waals surface area contributed by atoms with Crippen LogP contribution in [0.2, 0.25) is 0 Å². The van der Waals surface area contributed by atoms with Gasteiger partial charge in [0.1, 0.15) is 0 Å². The van der Waals surface area contributed by atoms with E-state index in [9.17, 15) is 21.6 Å². The maximum absolute atomic E-state index is 12.3. The van der Waals surface area contributed by atoms with Crippen molar-refractivity contribution in [2.45, 2.75) is 62.1 Å². The first-order valence-corrected chi connectivity index (χ1v) is 12.5. The molecule has 0 aromatic heterocycles. The SMILES string of the molecule is CC(C)S(=O)(=O)N[C@H]1CC[C@H](C(=O)NCCc2ccc(S(N)(=O)=O)cc2)CC1. The molecule has 28 heavy (non-hydrogen) atoms. The van der Waals surface area contributed by atoms with Crippen molar-refractivity contribution in [1.82, 2.24) is 10.0 Å². The molecule has 0 spiro atoms. The van der Waals surface area contributed by atoms with Crippen LogP contribution in [0.25, 0.3) is 0 Å². The molecule has 0 unspecified atom stereocenters. The number of amides is 1. The van der Waals surface area contributed by atoms with Crippen LogP contribution in [0, 0.1) is 5.92 Å². The summed E-state index contributed by atoms with van der Waals surface area (Å²) in [7, 11) is -6.99. The molecule has 0 heterocycles. The molecular formula is C18H29N3O5S2. The first-order chi connectivity index (χ1) is 13.0. The summed E-state index contributed by atoms with van der Waals surface area (Å²) in [5, 5.41) is 7.51. The smallest absolute Gasteiger partial charge is 0.238 e. The molecule has 1 aromatic rings. The maximum Gasteiger partial charge on any atom is 0.238 e. The highest BCUT2D eigenvalue weighted by molar-refractivity contribution is 7.90. The van der Waals surface area contributed by atoms with Crippen molar-refractivity contribution in [3.63, 3.8) is 0 Å². The molecule has 10 heteroatoms. The predicted molar refractivity (Wildman–Crippen MR) is 107 cm³/mol. The highest BCUT2D eigenvalue weighted by atomic mass is 32.2. The number of nitrogens with two attached hydrogens (primary N) is 1. The minimum atomic E-state index is -3.70. The van der Waals surface area contributed by atoms with Crippen molar-refractivity contribution in [3.05, 3.63) is 29.8 Å². The van der Waals surface area contributed by atoms with E-state index in [4.69, 9.17) is 5.14 Å². The van der Waals surface area contributed by atoms with Gasteiger partial charge in [0.05, 0.1) is 10.1 Å². The zero-order chi connectivity index (χ0) is 20.9. The van der Waals surface area contributed by atoms with E-state index in [2.05, 4.69) is 10.0 Å². The van der Waals surface area contributed by atoms with E-state index >= 15 is 0 Å². The minimum Gasteiger partial charge on any atom is -0.356 e. The summed E-state index contributed by atoms with van der Waals surface area (Å²) >= 11 is 0. The van der Waals surface area contributed by atoms with Crippen molar-refractivity contribution < 1.29 is 21.6 Å². The first kappa shape index (κ1) is 22.8. The normalized spacial score (nSPS) is 20.9. The van der Waals surface area contributed by atoms with E-state index in [0.717, 1.165) is 5.56 Å². The second kappa shape index (κ2) is 9.34. The number of hydrogen-bond donors (Lipinski definition) is 3. The number of sulfonamides is 2. The third-order valence-corrected chi connectivity index (χ3v) is 7.85. The molecule has 0 radical (unpaired) electrons. The van der Waals surface area contributed by atoms with Gasteiger partial charge in [-0.2, -0.15) is 0 Å².